The van der Waals surface area contributed by atoms with Gasteiger partial charge in [0.2, 0.25) is 11.8 Å². The van der Waals surface area contributed by atoms with E-state index in [0.29, 0.717) is 25.2 Å². The molecule has 0 spiro atoms. The molecule has 0 saturated carbocycles. The molecule has 2 rings (SSSR count). The highest BCUT2D eigenvalue weighted by Crippen LogP contribution is 2.33. The van der Waals surface area contributed by atoms with Crippen molar-refractivity contribution in [3.05, 3.63) is 17.7 Å². The fourth-order valence-electron chi connectivity index (χ4n) is 2.58. The Morgan fingerprint density at radius 1 is 1.33 bits per heavy atom. The van der Waals surface area contributed by atoms with Gasteiger partial charge in [-0.1, -0.05) is 0 Å². The third-order valence-corrected chi connectivity index (χ3v) is 3.78. The quantitative estimate of drug-likeness (QED) is 0.795. The molecule has 0 saturated heterocycles. The Labute approximate surface area is 124 Å². The molecule has 2 amide bonds. The highest BCUT2D eigenvalue weighted by atomic mass is 16.2. The number of hydrogen-bond acceptors (Lipinski definition) is 4. The summed E-state index contributed by atoms with van der Waals surface area (Å²) >= 11 is 0. The Balaban J connectivity index is 2.17. The van der Waals surface area contributed by atoms with Crippen LogP contribution in [0.3, 0.4) is 0 Å². The van der Waals surface area contributed by atoms with Gasteiger partial charge in [0.15, 0.2) is 0 Å². The lowest BCUT2D eigenvalue weighted by molar-refractivity contribution is -0.129. The van der Waals surface area contributed by atoms with Crippen LogP contribution in [-0.2, 0) is 16.0 Å². The van der Waals surface area contributed by atoms with E-state index in [2.05, 4.69) is 5.32 Å². The SMILES string of the molecule is CCN(CC)C(=O)CN(C)c1cc2c(cc1N)CC(=O)N2. The molecule has 0 bridgehead atoms. The van der Waals surface area contributed by atoms with Crippen LogP contribution in [0.15, 0.2) is 12.1 Å². The maximum Gasteiger partial charge on any atom is 0.242 e. The number of carbonyl (C=O) groups is 2. The molecular weight excluding hydrogens is 268 g/mol. The van der Waals surface area contributed by atoms with Crippen LogP contribution >= 0.6 is 0 Å². The smallest absolute Gasteiger partial charge is 0.242 e. The monoisotopic (exact) mass is 290 g/mol. The van der Waals surface area contributed by atoms with Crippen molar-refractivity contribution >= 4 is 28.9 Å². The van der Waals surface area contributed by atoms with Crippen LogP contribution in [0, 0.1) is 0 Å². The van der Waals surface area contributed by atoms with E-state index in [1.54, 1.807) is 11.0 Å². The second kappa shape index (κ2) is 6.03. The topological polar surface area (TPSA) is 78.7 Å². The second-order valence-electron chi connectivity index (χ2n) is 5.22. The van der Waals surface area contributed by atoms with E-state index >= 15 is 0 Å². The number of hydrogen-bond donors (Lipinski definition) is 2. The van der Waals surface area contributed by atoms with Gasteiger partial charge in [0, 0.05) is 25.8 Å². The molecule has 0 unspecified atom stereocenters. The van der Waals surface area contributed by atoms with Gasteiger partial charge in [-0.3, -0.25) is 9.59 Å². The van der Waals surface area contributed by atoms with E-state index < -0.39 is 0 Å². The number of nitrogens with zero attached hydrogens (tertiary/aromatic N) is 2. The highest BCUT2D eigenvalue weighted by Gasteiger charge is 2.21. The van der Waals surface area contributed by atoms with Crippen LogP contribution < -0.4 is 16.0 Å². The van der Waals surface area contributed by atoms with Crippen molar-refractivity contribution in [2.45, 2.75) is 20.3 Å². The Morgan fingerprint density at radius 2 is 2.00 bits per heavy atom. The maximum atomic E-state index is 12.2. The normalized spacial score (nSPS) is 12.8. The minimum absolute atomic E-state index is 0.0246. The predicted molar refractivity (Wildman–Crippen MR) is 84.4 cm³/mol. The number of nitrogen functional groups attached to an aromatic ring is 1. The van der Waals surface area contributed by atoms with Crippen molar-refractivity contribution in [2.24, 2.45) is 0 Å². The number of carbonyl (C=O) groups excluding carboxylic acids is 2. The zero-order valence-electron chi connectivity index (χ0n) is 12.8. The average Bonchev–Trinajstić information content (AvgIpc) is 2.78. The molecule has 1 aliphatic heterocycles. The summed E-state index contributed by atoms with van der Waals surface area (Å²) in [5, 5.41) is 2.80. The summed E-state index contributed by atoms with van der Waals surface area (Å²) in [6.45, 7) is 5.57. The van der Waals surface area contributed by atoms with E-state index in [1.807, 2.05) is 31.9 Å². The van der Waals surface area contributed by atoms with Gasteiger partial charge in [-0.15, -0.1) is 0 Å². The minimum atomic E-state index is -0.0246. The van der Waals surface area contributed by atoms with Crippen LogP contribution in [0.25, 0.3) is 0 Å². The summed E-state index contributed by atoms with van der Waals surface area (Å²) in [4.78, 5) is 27.2. The van der Waals surface area contributed by atoms with Crippen molar-refractivity contribution in [3.8, 4) is 0 Å². The molecule has 6 heteroatoms. The van der Waals surface area contributed by atoms with Crippen molar-refractivity contribution in [1.29, 1.82) is 0 Å². The van der Waals surface area contributed by atoms with Crippen molar-refractivity contribution in [2.75, 3.05) is 42.6 Å². The average molecular weight is 290 g/mol. The van der Waals surface area contributed by atoms with Gasteiger partial charge >= 0.3 is 0 Å². The van der Waals surface area contributed by atoms with Crippen LogP contribution in [0.1, 0.15) is 19.4 Å². The molecule has 3 N–H and O–H groups in total. The molecule has 1 aliphatic rings. The van der Waals surface area contributed by atoms with E-state index in [9.17, 15) is 9.59 Å². The molecule has 1 aromatic rings. The lowest BCUT2D eigenvalue weighted by Crippen LogP contribution is -2.39. The Bertz CT molecular complexity index is 567. The van der Waals surface area contributed by atoms with E-state index in [1.165, 1.54) is 0 Å². The lowest BCUT2D eigenvalue weighted by atomic mass is 10.1. The largest absolute Gasteiger partial charge is 0.397 e. The molecule has 0 aliphatic carbocycles. The van der Waals surface area contributed by atoms with Gasteiger partial charge in [-0.05, 0) is 31.5 Å². The molecule has 0 fully saturated rings. The lowest BCUT2D eigenvalue weighted by Gasteiger charge is -2.25. The molecule has 6 nitrogen and oxygen atoms in total. The van der Waals surface area contributed by atoms with Crippen LogP contribution in [0.2, 0.25) is 0 Å². The number of nitrogens with one attached hydrogen (secondary N) is 1. The van der Waals surface area contributed by atoms with E-state index in [4.69, 9.17) is 5.73 Å². The zero-order chi connectivity index (χ0) is 15.6. The standard InChI is InChI=1S/C15H22N4O2/c1-4-19(5-2)15(21)9-18(3)13-8-12-10(6-11(13)16)7-14(20)17-12/h6,8H,4-5,7,9,16H2,1-3H3,(H,17,20). The first kappa shape index (κ1) is 15.2. The number of fused-ring (bicyclic) bond motifs is 1. The van der Waals surface area contributed by atoms with Crippen LogP contribution in [0.4, 0.5) is 17.1 Å². The number of anilines is 3. The van der Waals surface area contributed by atoms with E-state index in [-0.39, 0.29) is 18.4 Å². The van der Waals surface area contributed by atoms with Gasteiger partial charge in [-0.25, -0.2) is 0 Å². The number of nitrogens with two attached hydrogens (primary N) is 1. The summed E-state index contributed by atoms with van der Waals surface area (Å²) in [6, 6.07) is 3.64. The number of rotatable bonds is 5. The fraction of sp³-hybridized carbons (Fsp3) is 0.467. The summed E-state index contributed by atoms with van der Waals surface area (Å²) in [5.41, 5.74) is 9.09. The number of benzene rings is 1. The molecule has 0 radical (unpaired) electrons. The van der Waals surface area contributed by atoms with Gasteiger partial charge in [0.25, 0.3) is 0 Å². The molecule has 114 valence electrons. The Kier molecular flexibility index (Phi) is 4.35. The molecular formula is C15H22N4O2. The fourth-order valence-corrected chi connectivity index (χ4v) is 2.58. The summed E-state index contributed by atoms with van der Waals surface area (Å²) in [6.07, 6.45) is 0.363. The van der Waals surface area contributed by atoms with Crippen molar-refractivity contribution < 1.29 is 9.59 Å². The molecule has 1 heterocycles. The van der Waals surface area contributed by atoms with Gasteiger partial charge < -0.3 is 20.9 Å². The number of amides is 2. The second-order valence-corrected chi connectivity index (χ2v) is 5.22. The summed E-state index contributed by atoms with van der Waals surface area (Å²) < 4.78 is 0. The van der Waals surface area contributed by atoms with Gasteiger partial charge in [0.05, 0.1) is 24.3 Å². The first-order valence-corrected chi connectivity index (χ1v) is 7.17. The molecule has 0 atom stereocenters. The van der Waals surface area contributed by atoms with Crippen molar-refractivity contribution in [3.63, 3.8) is 0 Å². The minimum Gasteiger partial charge on any atom is -0.397 e. The third kappa shape index (κ3) is 3.09. The third-order valence-electron chi connectivity index (χ3n) is 3.78. The van der Waals surface area contributed by atoms with E-state index in [0.717, 1.165) is 16.9 Å². The summed E-state index contributed by atoms with van der Waals surface area (Å²) in [5.74, 6) is 0.0369. The first-order chi connectivity index (χ1) is 9.96. The molecule has 0 aromatic heterocycles. The Hall–Kier alpha value is -2.24. The zero-order valence-corrected chi connectivity index (χ0v) is 12.8. The first-order valence-electron chi connectivity index (χ1n) is 7.17. The maximum absolute atomic E-state index is 12.2. The molecule has 1 aromatic carbocycles. The Morgan fingerprint density at radius 3 is 2.62 bits per heavy atom. The number of likely N-dealkylation sites (N-methyl/N-ethyl adjacent to an activating group) is 2. The van der Waals surface area contributed by atoms with Gasteiger partial charge in [-0.2, -0.15) is 0 Å². The van der Waals surface area contributed by atoms with Crippen LogP contribution in [0.5, 0.6) is 0 Å². The van der Waals surface area contributed by atoms with Crippen LogP contribution in [-0.4, -0.2) is 43.4 Å². The highest BCUT2D eigenvalue weighted by molar-refractivity contribution is 6.01. The van der Waals surface area contributed by atoms with Crippen molar-refractivity contribution in [1.82, 2.24) is 4.90 Å². The van der Waals surface area contributed by atoms with Gasteiger partial charge in [0.1, 0.15) is 0 Å². The predicted octanol–water partition coefficient (Wildman–Crippen LogP) is 1.07. The molecule has 21 heavy (non-hydrogen) atoms. The summed E-state index contributed by atoms with van der Waals surface area (Å²) in [7, 11) is 1.83.